The van der Waals surface area contributed by atoms with Gasteiger partial charge in [-0.3, -0.25) is 4.79 Å². The Balaban J connectivity index is 1.74. The van der Waals surface area contributed by atoms with Crippen LogP contribution in [0, 0.1) is 0 Å². The van der Waals surface area contributed by atoms with Gasteiger partial charge in [-0.2, -0.15) is 0 Å². The Hall–Kier alpha value is -3.55. The third-order valence-corrected chi connectivity index (χ3v) is 3.66. The van der Waals surface area contributed by atoms with E-state index < -0.39 is 24.1 Å². The van der Waals surface area contributed by atoms with E-state index in [1.54, 1.807) is 31.2 Å². The number of rotatable bonds is 5. The normalized spacial score (nSPS) is 15.3. The average molecular weight is 356 g/mol. The van der Waals surface area contributed by atoms with Crippen LogP contribution in [0.5, 0.6) is 5.75 Å². The van der Waals surface area contributed by atoms with Crippen molar-refractivity contribution in [2.75, 3.05) is 17.2 Å². The largest absolute Gasteiger partial charge is 0.478 e. The molecule has 0 aromatic heterocycles. The molecule has 1 unspecified atom stereocenters. The topological polar surface area (TPSA) is 114 Å². The van der Waals surface area contributed by atoms with Gasteiger partial charge in [0.1, 0.15) is 5.75 Å². The molecule has 1 heterocycles. The van der Waals surface area contributed by atoms with Crippen molar-refractivity contribution in [1.29, 1.82) is 0 Å². The summed E-state index contributed by atoms with van der Waals surface area (Å²) in [6.45, 7) is 1.96. The number of aromatic carboxylic acids is 1. The van der Waals surface area contributed by atoms with Gasteiger partial charge in [-0.05, 0) is 49.4 Å². The Morgan fingerprint density at radius 1 is 1.19 bits per heavy atom. The highest BCUT2D eigenvalue weighted by Gasteiger charge is 2.28. The van der Waals surface area contributed by atoms with Gasteiger partial charge in [0.15, 0.2) is 0 Å². The van der Waals surface area contributed by atoms with Crippen molar-refractivity contribution in [3.63, 3.8) is 0 Å². The fraction of sp³-hybridized carbons (Fsp3) is 0.167. The Morgan fingerprint density at radius 2 is 1.88 bits per heavy atom. The van der Waals surface area contributed by atoms with Crippen LogP contribution >= 0.6 is 0 Å². The Morgan fingerprint density at radius 3 is 2.54 bits per heavy atom. The number of benzene rings is 2. The van der Waals surface area contributed by atoms with E-state index in [4.69, 9.17) is 14.6 Å². The molecular weight excluding hydrogens is 340 g/mol. The number of anilines is 2. The predicted molar refractivity (Wildman–Crippen MR) is 92.5 cm³/mol. The van der Waals surface area contributed by atoms with E-state index in [1.165, 1.54) is 18.2 Å². The monoisotopic (exact) mass is 356 g/mol. The van der Waals surface area contributed by atoms with E-state index in [0.717, 1.165) is 0 Å². The summed E-state index contributed by atoms with van der Waals surface area (Å²) in [6.07, 6.45) is -0.994. The first-order valence-corrected chi connectivity index (χ1v) is 7.86. The maximum Gasteiger partial charge on any atom is 0.338 e. The number of carboxylic acid groups (broad SMARTS) is 1. The van der Waals surface area contributed by atoms with Crippen molar-refractivity contribution in [2.24, 2.45) is 0 Å². The number of carbonyl (C=O) groups excluding carboxylic acids is 2. The lowest BCUT2D eigenvalue weighted by Gasteiger charge is -2.27. The Kier molecular flexibility index (Phi) is 4.74. The first-order chi connectivity index (χ1) is 12.5. The number of fused-ring (bicyclic) bond motifs is 1. The van der Waals surface area contributed by atoms with Crippen molar-refractivity contribution in [3.05, 3.63) is 53.6 Å². The second-order valence-corrected chi connectivity index (χ2v) is 5.45. The molecule has 0 saturated carbocycles. The third-order valence-electron chi connectivity index (χ3n) is 3.66. The molecule has 134 valence electrons. The molecule has 0 spiro atoms. The van der Waals surface area contributed by atoms with Gasteiger partial charge in [0.2, 0.25) is 6.23 Å². The summed E-state index contributed by atoms with van der Waals surface area (Å²) in [4.78, 5) is 34.9. The van der Waals surface area contributed by atoms with Gasteiger partial charge in [-0.25, -0.2) is 9.59 Å². The van der Waals surface area contributed by atoms with Crippen molar-refractivity contribution in [3.8, 4) is 5.75 Å². The number of esters is 1. The molecule has 26 heavy (non-hydrogen) atoms. The molecule has 1 aliphatic rings. The van der Waals surface area contributed by atoms with E-state index >= 15 is 0 Å². The molecule has 2 aromatic carbocycles. The SMILES string of the molecule is CCOC(=O)c1ccc2c(c1)NC(=O)C(Nc1ccc(C(=O)O)cc1)O2. The van der Waals surface area contributed by atoms with Crippen LogP contribution in [0.25, 0.3) is 0 Å². The lowest BCUT2D eigenvalue weighted by molar-refractivity contribution is -0.122. The summed E-state index contributed by atoms with van der Waals surface area (Å²) < 4.78 is 10.6. The number of ether oxygens (including phenoxy) is 2. The lowest BCUT2D eigenvalue weighted by atomic mass is 10.1. The van der Waals surface area contributed by atoms with Crippen LogP contribution in [-0.2, 0) is 9.53 Å². The molecule has 0 aliphatic carbocycles. The summed E-state index contributed by atoms with van der Waals surface area (Å²) in [7, 11) is 0. The van der Waals surface area contributed by atoms with Crippen LogP contribution < -0.4 is 15.4 Å². The number of carboxylic acids is 1. The van der Waals surface area contributed by atoms with E-state index in [1.807, 2.05) is 0 Å². The molecule has 8 nitrogen and oxygen atoms in total. The molecule has 8 heteroatoms. The fourth-order valence-electron chi connectivity index (χ4n) is 2.41. The molecule has 0 bridgehead atoms. The van der Waals surface area contributed by atoms with Crippen molar-refractivity contribution >= 4 is 29.2 Å². The van der Waals surface area contributed by atoms with E-state index in [-0.39, 0.29) is 12.2 Å². The average Bonchev–Trinajstić information content (AvgIpc) is 2.62. The highest BCUT2D eigenvalue weighted by atomic mass is 16.5. The molecular formula is C18H16N2O6. The van der Waals surface area contributed by atoms with Gasteiger partial charge in [0, 0.05) is 5.69 Å². The zero-order valence-corrected chi connectivity index (χ0v) is 13.8. The van der Waals surface area contributed by atoms with Gasteiger partial charge >= 0.3 is 11.9 Å². The summed E-state index contributed by atoms with van der Waals surface area (Å²) in [5.41, 5.74) is 1.35. The second kappa shape index (κ2) is 7.14. The minimum absolute atomic E-state index is 0.140. The van der Waals surface area contributed by atoms with E-state index in [0.29, 0.717) is 22.7 Å². The molecule has 0 fully saturated rings. The van der Waals surface area contributed by atoms with Crippen LogP contribution in [0.4, 0.5) is 11.4 Å². The molecule has 1 amide bonds. The predicted octanol–water partition coefficient (Wildman–Crippen LogP) is 2.33. The van der Waals surface area contributed by atoms with Gasteiger partial charge in [-0.15, -0.1) is 0 Å². The van der Waals surface area contributed by atoms with Gasteiger partial charge in [-0.1, -0.05) is 0 Å². The molecule has 2 aromatic rings. The maximum atomic E-state index is 12.2. The van der Waals surface area contributed by atoms with Crippen LogP contribution in [0.3, 0.4) is 0 Å². The summed E-state index contributed by atoms with van der Waals surface area (Å²) in [5.74, 6) is -1.56. The van der Waals surface area contributed by atoms with Crippen LogP contribution in [-0.4, -0.2) is 35.8 Å². The highest BCUT2D eigenvalue weighted by Crippen LogP contribution is 2.31. The summed E-state index contributed by atoms with van der Waals surface area (Å²) >= 11 is 0. The van der Waals surface area contributed by atoms with E-state index in [2.05, 4.69) is 10.6 Å². The lowest BCUT2D eigenvalue weighted by Crippen LogP contribution is -2.42. The highest BCUT2D eigenvalue weighted by molar-refractivity contribution is 6.01. The minimum atomic E-state index is -1.03. The standard InChI is InChI=1S/C18H16N2O6/c1-2-25-18(24)11-5-8-14-13(9-11)20-15(21)16(26-14)19-12-6-3-10(4-7-12)17(22)23/h3-9,16,19H,2H2,1H3,(H,20,21)(H,22,23). The third kappa shape index (κ3) is 3.59. The second-order valence-electron chi connectivity index (χ2n) is 5.45. The quantitative estimate of drug-likeness (QED) is 0.705. The van der Waals surface area contributed by atoms with E-state index in [9.17, 15) is 14.4 Å². The van der Waals surface area contributed by atoms with Crippen LogP contribution in [0.1, 0.15) is 27.6 Å². The molecule has 0 saturated heterocycles. The molecule has 3 rings (SSSR count). The van der Waals surface area contributed by atoms with Crippen LogP contribution in [0.15, 0.2) is 42.5 Å². The molecule has 1 aliphatic heterocycles. The van der Waals surface area contributed by atoms with Gasteiger partial charge in [0.25, 0.3) is 5.91 Å². The van der Waals surface area contributed by atoms with Crippen LogP contribution in [0.2, 0.25) is 0 Å². The first-order valence-electron chi connectivity index (χ1n) is 7.86. The fourth-order valence-corrected chi connectivity index (χ4v) is 2.41. The van der Waals surface area contributed by atoms with Gasteiger partial charge < -0.3 is 25.2 Å². The Labute approximate surface area is 148 Å². The smallest absolute Gasteiger partial charge is 0.338 e. The summed E-state index contributed by atoms with van der Waals surface area (Å²) in [5, 5.41) is 14.4. The Bertz CT molecular complexity index is 862. The number of amides is 1. The molecule has 0 radical (unpaired) electrons. The molecule has 1 atom stereocenters. The molecule has 3 N–H and O–H groups in total. The maximum absolute atomic E-state index is 12.2. The number of hydrogen-bond donors (Lipinski definition) is 3. The zero-order valence-electron chi connectivity index (χ0n) is 13.8. The van der Waals surface area contributed by atoms with Crippen molar-refractivity contribution in [2.45, 2.75) is 13.2 Å². The number of carbonyl (C=O) groups is 3. The first kappa shape index (κ1) is 17.3. The van der Waals surface area contributed by atoms with Gasteiger partial charge in [0.05, 0.1) is 23.4 Å². The number of nitrogens with one attached hydrogen (secondary N) is 2. The number of hydrogen-bond acceptors (Lipinski definition) is 6. The van der Waals surface area contributed by atoms with Crippen molar-refractivity contribution < 1.29 is 29.0 Å². The zero-order chi connectivity index (χ0) is 18.7. The van der Waals surface area contributed by atoms with Crippen molar-refractivity contribution in [1.82, 2.24) is 0 Å². The minimum Gasteiger partial charge on any atom is -0.478 e. The summed E-state index contributed by atoms with van der Waals surface area (Å²) in [6, 6.07) is 10.5.